The van der Waals surface area contributed by atoms with Crippen LogP contribution in [0.4, 0.5) is 0 Å². The number of aliphatic carboxylic acids is 1. The standard InChI is InChI=1S/C10H11ClN2O4S/c11-9-7(2-1-5-12-9)18(16,17)13-8(10(14)15)6-3-4-6/h1-2,5-6,8,13H,3-4H2,(H,14,15). The topological polar surface area (TPSA) is 96.4 Å². The molecule has 8 heteroatoms. The molecule has 1 atom stereocenters. The first-order valence-corrected chi connectivity index (χ1v) is 7.13. The summed E-state index contributed by atoms with van der Waals surface area (Å²) in [7, 11) is -3.97. The number of pyridine rings is 1. The van der Waals surface area contributed by atoms with E-state index in [1.807, 2.05) is 0 Å². The maximum Gasteiger partial charge on any atom is 0.322 e. The molecule has 1 aliphatic rings. The van der Waals surface area contributed by atoms with Crippen molar-refractivity contribution in [3.63, 3.8) is 0 Å². The Labute approximate surface area is 109 Å². The lowest BCUT2D eigenvalue weighted by Crippen LogP contribution is -2.42. The second-order valence-corrected chi connectivity index (χ2v) is 6.11. The van der Waals surface area contributed by atoms with Crippen molar-refractivity contribution < 1.29 is 18.3 Å². The number of nitrogens with zero attached hydrogens (tertiary/aromatic N) is 1. The number of hydrogen-bond acceptors (Lipinski definition) is 4. The molecule has 0 bridgehead atoms. The SMILES string of the molecule is O=C(O)C(NS(=O)(=O)c1cccnc1Cl)C1CC1. The van der Waals surface area contributed by atoms with Crippen molar-refractivity contribution in [3.8, 4) is 0 Å². The van der Waals surface area contributed by atoms with Crippen LogP contribution in [0.1, 0.15) is 12.8 Å². The highest BCUT2D eigenvalue weighted by Crippen LogP contribution is 2.33. The fraction of sp³-hybridized carbons (Fsp3) is 0.400. The van der Waals surface area contributed by atoms with Crippen LogP contribution in [0, 0.1) is 5.92 Å². The Morgan fingerprint density at radius 1 is 1.56 bits per heavy atom. The van der Waals surface area contributed by atoms with E-state index in [0.717, 1.165) is 0 Å². The molecule has 1 fully saturated rings. The first-order chi connectivity index (χ1) is 8.42. The Hall–Kier alpha value is -1.18. The zero-order valence-electron chi connectivity index (χ0n) is 9.21. The molecule has 0 aliphatic heterocycles. The van der Waals surface area contributed by atoms with Gasteiger partial charge in [0, 0.05) is 6.20 Å². The molecule has 1 aromatic heterocycles. The summed E-state index contributed by atoms with van der Waals surface area (Å²) in [5.74, 6) is -1.33. The molecule has 18 heavy (non-hydrogen) atoms. The van der Waals surface area contributed by atoms with Crippen LogP contribution in [0.2, 0.25) is 5.15 Å². The molecule has 1 aromatic rings. The van der Waals surface area contributed by atoms with E-state index in [2.05, 4.69) is 9.71 Å². The van der Waals surface area contributed by atoms with Gasteiger partial charge in [-0.3, -0.25) is 4.79 Å². The van der Waals surface area contributed by atoms with Crippen molar-refractivity contribution in [2.75, 3.05) is 0 Å². The summed E-state index contributed by atoms with van der Waals surface area (Å²) in [5, 5.41) is 8.81. The van der Waals surface area contributed by atoms with Crippen molar-refractivity contribution in [2.24, 2.45) is 5.92 Å². The second-order valence-electron chi connectivity index (χ2n) is 4.07. The number of carbonyl (C=O) groups is 1. The van der Waals surface area contributed by atoms with Crippen LogP contribution in [0.5, 0.6) is 0 Å². The maximum atomic E-state index is 12.0. The molecular formula is C10H11ClN2O4S. The van der Waals surface area contributed by atoms with Crippen LogP contribution in [-0.2, 0) is 14.8 Å². The van der Waals surface area contributed by atoms with Gasteiger partial charge in [0.15, 0.2) is 0 Å². The van der Waals surface area contributed by atoms with Gasteiger partial charge in [0.25, 0.3) is 0 Å². The highest BCUT2D eigenvalue weighted by Gasteiger charge is 2.39. The fourth-order valence-electron chi connectivity index (χ4n) is 1.58. The van der Waals surface area contributed by atoms with Crippen LogP contribution in [0.25, 0.3) is 0 Å². The van der Waals surface area contributed by atoms with Gasteiger partial charge in [-0.1, -0.05) is 11.6 Å². The number of sulfonamides is 1. The van der Waals surface area contributed by atoms with Crippen molar-refractivity contribution in [3.05, 3.63) is 23.5 Å². The Bertz CT molecular complexity index is 571. The number of halogens is 1. The van der Waals surface area contributed by atoms with Crippen LogP contribution >= 0.6 is 11.6 Å². The average molecular weight is 291 g/mol. The predicted octanol–water partition coefficient (Wildman–Crippen LogP) is 0.876. The number of aromatic nitrogens is 1. The highest BCUT2D eigenvalue weighted by atomic mass is 35.5. The quantitative estimate of drug-likeness (QED) is 0.785. The van der Waals surface area contributed by atoms with E-state index in [-0.39, 0.29) is 16.0 Å². The predicted molar refractivity (Wildman–Crippen MR) is 63.7 cm³/mol. The van der Waals surface area contributed by atoms with Gasteiger partial charge in [0.1, 0.15) is 16.1 Å². The first kappa shape index (κ1) is 13.3. The minimum atomic E-state index is -3.97. The molecule has 1 aliphatic carbocycles. The molecule has 1 saturated carbocycles. The van der Waals surface area contributed by atoms with Crippen molar-refractivity contribution in [2.45, 2.75) is 23.8 Å². The molecule has 1 unspecified atom stereocenters. The van der Waals surface area contributed by atoms with Crippen LogP contribution in [0.15, 0.2) is 23.2 Å². The van der Waals surface area contributed by atoms with Gasteiger partial charge in [-0.2, -0.15) is 4.72 Å². The van der Waals surface area contributed by atoms with Gasteiger partial charge >= 0.3 is 5.97 Å². The second kappa shape index (κ2) is 4.83. The minimum absolute atomic E-state index is 0.146. The third-order valence-electron chi connectivity index (χ3n) is 2.66. The summed E-state index contributed by atoms with van der Waals surface area (Å²) in [4.78, 5) is 14.4. The number of nitrogens with one attached hydrogen (secondary N) is 1. The summed E-state index contributed by atoms with van der Waals surface area (Å²) in [6.07, 6.45) is 2.78. The Kier molecular flexibility index (Phi) is 3.56. The van der Waals surface area contributed by atoms with Crippen LogP contribution < -0.4 is 4.72 Å². The van der Waals surface area contributed by atoms with E-state index >= 15 is 0 Å². The number of carboxylic acid groups (broad SMARTS) is 1. The molecule has 0 radical (unpaired) electrons. The van der Waals surface area contributed by atoms with Gasteiger partial charge in [-0.05, 0) is 30.9 Å². The van der Waals surface area contributed by atoms with Crippen LogP contribution in [-0.4, -0.2) is 30.5 Å². The van der Waals surface area contributed by atoms with E-state index in [1.54, 1.807) is 0 Å². The normalized spacial score (nSPS) is 17.4. The van der Waals surface area contributed by atoms with E-state index < -0.39 is 22.0 Å². The summed E-state index contributed by atoms with van der Waals surface area (Å²) >= 11 is 5.69. The zero-order chi connectivity index (χ0) is 13.3. The monoisotopic (exact) mass is 290 g/mol. The molecular weight excluding hydrogens is 280 g/mol. The fourth-order valence-corrected chi connectivity index (χ4v) is 3.29. The van der Waals surface area contributed by atoms with Gasteiger partial charge in [-0.15, -0.1) is 0 Å². The molecule has 0 aromatic carbocycles. The molecule has 0 saturated heterocycles. The Morgan fingerprint density at radius 3 is 2.72 bits per heavy atom. The summed E-state index contributed by atoms with van der Waals surface area (Å²) < 4.78 is 26.2. The lowest BCUT2D eigenvalue weighted by Gasteiger charge is -2.14. The average Bonchev–Trinajstić information content (AvgIpc) is 3.10. The lowest BCUT2D eigenvalue weighted by molar-refractivity contribution is -0.139. The Morgan fingerprint density at radius 2 is 2.22 bits per heavy atom. The van der Waals surface area contributed by atoms with E-state index in [4.69, 9.17) is 16.7 Å². The number of hydrogen-bond donors (Lipinski definition) is 2. The number of rotatable bonds is 5. The maximum absolute atomic E-state index is 12.0. The third-order valence-corrected chi connectivity index (χ3v) is 4.54. The Balaban J connectivity index is 2.26. The van der Waals surface area contributed by atoms with E-state index in [9.17, 15) is 13.2 Å². The minimum Gasteiger partial charge on any atom is -0.480 e. The largest absolute Gasteiger partial charge is 0.480 e. The molecule has 0 amide bonds. The van der Waals surface area contributed by atoms with Gasteiger partial charge in [-0.25, -0.2) is 13.4 Å². The molecule has 1 heterocycles. The molecule has 0 spiro atoms. The molecule has 98 valence electrons. The van der Waals surface area contributed by atoms with Crippen molar-refractivity contribution in [1.82, 2.24) is 9.71 Å². The van der Waals surface area contributed by atoms with Gasteiger partial charge in [0.05, 0.1) is 0 Å². The van der Waals surface area contributed by atoms with E-state index in [0.29, 0.717) is 12.8 Å². The zero-order valence-corrected chi connectivity index (χ0v) is 10.8. The van der Waals surface area contributed by atoms with Crippen LogP contribution in [0.3, 0.4) is 0 Å². The summed E-state index contributed by atoms with van der Waals surface area (Å²) in [6, 6.07) is 1.60. The van der Waals surface area contributed by atoms with Gasteiger partial charge < -0.3 is 5.11 Å². The van der Waals surface area contributed by atoms with Gasteiger partial charge in [0.2, 0.25) is 10.0 Å². The highest BCUT2D eigenvalue weighted by molar-refractivity contribution is 7.89. The first-order valence-electron chi connectivity index (χ1n) is 5.27. The third kappa shape index (κ3) is 2.80. The summed E-state index contributed by atoms with van der Waals surface area (Å²) in [6.45, 7) is 0. The molecule has 2 N–H and O–H groups in total. The molecule has 6 nitrogen and oxygen atoms in total. The van der Waals surface area contributed by atoms with Crippen molar-refractivity contribution in [1.29, 1.82) is 0 Å². The number of carboxylic acids is 1. The van der Waals surface area contributed by atoms with E-state index in [1.165, 1.54) is 18.3 Å². The summed E-state index contributed by atoms with van der Waals surface area (Å²) in [5.41, 5.74) is 0. The lowest BCUT2D eigenvalue weighted by atomic mass is 10.2. The molecule has 2 rings (SSSR count). The van der Waals surface area contributed by atoms with Crippen molar-refractivity contribution >= 4 is 27.6 Å². The smallest absolute Gasteiger partial charge is 0.322 e.